The molecule has 0 saturated carbocycles. The van der Waals surface area contributed by atoms with Gasteiger partial charge in [0.1, 0.15) is 47.0 Å². The molecule has 5 rings (SSSR count). The minimum Gasteiger partial charge on any atom is -0.543 e. The Bertz CT molecular complexity index is 1500. The number of rotatable bonds is 9. The minimum atomic E-state index is -1.46. The second kappa shape index (κ2) is 10.8. The van der Waals surface area contributed by atoms with Gasteiger partial charge in [-0.05, 0) is 6.07 Å². The lowest BCUT2D eigenvalue weighted by atomic mass is 10.0. The van der Waals surface area contributed by atoms with Gasteiger partial charge in [-0.15, -0.1) is 23.4 Å². The van der Waals surface area contributed by atoms with Crippen LogP contribution in [0.4, 0.5) is 5.13 Å². The van der Waals surface area contributed by atoms with Gasteiger partial charge in [0.25, 0.3) is 17.5 Å². The smallest absolute Gasteiger partial charge is 0.286 e. The zero-order valence-corrected chi connectivity index (χ0v) is 22.5. The number of carboxylic acids is 1. The maximum Gasteiger partial charge on any atom is 0.286 e. The van der Waals surface area contributed by atoms with E-state index >= 15 is 0 Å². The molecule has 0 bridgehead atoms. The van der Waals surface area contributed by atoms with Gasteiger partial charge in [0.15, 0.2) is 10.8 Å². The van der Waals surface area contributed by atoms with Crippen molar-refractivity contribution in [2.75, 3.05) is 24.0 Å². The molecular formula is C22H19Cl2N7O5S2. The Morgan fingerprint density at radius 3 is 2.89 bits per heavy atom. The molecule has 1 fully saturated rings. The number of halogens is 2. The molecule has 3 N–H and O–H groups in total. The van der Waals surface area contributed by atoms with E-state index in [9.17, 15) is 19.5 Å². The molecule has 2 amide bonds. The average molecular weight is 596 g/mol. The Balaban J connectivity index is 1.37. The molecule has 0 unspecified atom stereocenters. The molecule has 2 aliphatic rings. The second-order valence-electron chi connectivity index (χ2n) is 8.13. The fraction of sp³-hybridized carbons (Fsp3) is 0.273. The van der Waals surface area contributed by atoms with Gasteiger partial charge in [0.2, 0.25) is 0 Å². The molecular weight excluding hydrogens is 577 g/mol. The number of nitrogens with zero attached hydrogens (tertiary/aromatic N) is 5. The number of alkyl halides is 1. The number of thiazole rings is 1. The number of anilines is 1. The normalized spacial score (nSPS) is 19.4. The lowest BCUT2D eigenvalue weighted by molar-refractivity contribution is -0.662. The van der Waals surface area contributed by atoms with Gasteiger partial charge in [-0.1, -0.05) is 34.2 Å². The number of nitrogen functional groups attached to an aromatic ring is 1. The first kappa shape index (κ1) is 26.3. The highest BCUT2D eigenvalue weighted by Gasteiger charge is 2.53. The van der Waals surface area contributed by atoms with Crippen LogP contribution in [-0.2, 0) is 25.8 Å². The average Bonchev–Trinajstić information content (AvgIpc) is 3.46. The predicted molar refractivity (Wildman–Crippen MR) is 139 cm³/mol. The van der Waals surface area contributed by atoms with E-state index in [2.05, 4.69) is 15.5 Å². The number of carbonyl (C=O) groups excluding carboxylic acids is 3. The summed E-state index contributed by atoms with van der Waals surface area (Å²) in [4.78, 5) is 48.6. The van der Waals surface area contributed by atoms with Crippen LogP contribution in [0.25, 0.3) is 5.65 Å². The standard InChI is InChI=1S/C22H19Cl2N7O5S2/c23-4-8-36-28-14(13-17(24)38-22(25)27-13)18(32)26-15-19(33)31-16(21(34)35)11(10-37-20(15)31)9-30-7-6-29-5-2-1-3-12(29)30/h1-3,5-7,15,20H,4,8-10H2,(H3-,25,26,27,32,34,35)/b28-14-/t15-,20-/m1/s1. The number of fused-ring (bicyclic) bond motifs is 2. The number of carboxylic acid groups (broad SMARTS) is 1. The lowest BCUT2D eigenvalue weighted by Gasteiger charge is -2.50. The third-order valence-electron chi connectivity index (χ3n) is 5.82. The number of β-lactam (4-membered cyclic amide) rings is 1. The summed E-state index contributed by atoms with van der Waals surface area (Å²) in [6.45, 7) is 0.269. The molecule has 16 heteroatoms. The Morgan fingerprint density at radius 2 is 2.18 bits per heavy atom. The van der Waals surface area contributed by atoms with Crippen LogP contribution in [0.15, 0.2) is 53.2 Å². The SMILES string of the molecule is Nc1nc(/C(=N/OCCCl)C(=O)N[C@@H]2C(=O)N3C(C(=O)[O-])=C(C[n+]4ccn5ccccc54)CS[C@H]23)c(Cl)s1. The van der Waals surface area contributed by atoms with E-state index in [1.807, 2.05) is 45.8 Å². The first-order valence-corrected chi connectivity index (χ1v) is 13.9. The summed E-state index contributed by atoms with van der Waals surface area (Å²) in [7, 11) is 0. The molecule has 0 aliphatic carbocycles. The van der Waals surface area contributed by atoms with Crippen molar-refractivity contribution >= 4 is 80.6 Å². The molecule has 2 atom stereocenters. The second-order valence-corrected chi connectivity index (χ2v) is 11.2. The Hall–Kier alpha value is -3.33. The molecule has 5 heterocycles. The number of aromatic nitrogens is 3. The number of amides is 2. The molecule has 3 aromatic heterocycles. The molecule has 12 nitrogen and oxygen atoms in total. The van der Waals surface area contributed by atoms with E-state index in [1.165, 1.54) is 11.8 Å². The summed E-state index contributed by atoms with van der Waals surface area (Å²) in [5.74, 6) is -2.41. The molecule has 38 heavy (non-hydrogen) atoms. The molecule has 1 saturated heterocycles. The fourth-order valence-electron chi connectivity index (χ4n) is 4.19. The van der Waals surface area contributed by atoms with Crippen LogP contribution in [0.3, 0.4) is 0 Å². The first-order chi connectivity index (χ1) is 18.3. The van der Waals surface area contributed by atoms with Gasteiger partial charge in [-0.2, -0.15) is 0 Å². The number of imidazole rings is 1. The van der Waals surface area contributed by atoms with Crippen LogP contribution < -0.4 is 20.7 Å². The van der Waals surface area contributed by atoms with Crippen molar-refractivity contribution in [1.82, 2.24) is 19.6 Å². The van der Waals surface area contributed by atoms with Crippen LogP contribution in [0, 0.1) is 0 Å². The van der Waals surface area contributed by atoms with Crippen molar-refractivity contribution in [3.05, 3.63) is 58.1 Å². The van der Waals surface area contributed by atoms with Crippen molar-refractivity contribution in [3.63, 3.8) is 0 Å². The number of carbonyl (C=O) groups is 3. The van der Waals surface area contributed by atoms with Crippen molar-refractivity contribution in [2.24, 2.45) is 5.16 Å². The monoisotopic (exact) mass is 595 g/mol. The highest BCUT2D eigenvalue weighted by atomic mass is 35.5. The number of oxime groups is 1. The summed E-state index contributed by atoms with van der Waals surface area (Å²) in [5, 5.41) is 18.0. The van der Waals surface area contributed by atoms with Crippen LogP contribution >= 0.6 is 46.3 Å². The Morgan fingerprint density at radius 1 is 1.37 bits per heavy atom. The van der Waals surface area contributed by atoms with E-state index in [-0.39, 0.29) is 45.6 Å². The zero-order chi connectivity index (χ0) is 27.0. The Kier molecular flexibility index (Phi) is 7.47. The number of hydrogen-bond donors (Lipinski definition) is 2. The van der Waals surface area contributed by atoms with Gasteiger partial charge in [0, 0.05) is 17.4 Å². The third-order valence-corrected chi connectivity index (χ3v) is 8.40. The van der Waals surface area contributed by atoms with Gasteiger partial charge in [-0.25, -0.2) is 14.0 Å². The van der Waals surface area contributed by atoms with E-state index in [0.717, 1.165) is 21.9 Å². The maximum absolute atomic E-state index is 13.1. The van der Waals surface area contributed by atoms with E-state index in [0.29, 0.717) is 11.3 Å². The van der Waals surface area contributed by atoms with Crippen LogP contribution in [0.1, 0.15) is 5.69 Å². The van der Waals surface area contributed by atoms with E-state index < -0.39 is 29.2 Å². The van der Waals surface area contributed by atoms with E-state index in [1.54, 1.807) is 0 Å². The van der Waals surface area contributed by atoms with Gasteiger partial charge >= 0.3 is 0 Å². The summed E-state index contributed by atoms with van der Waals surface area (Å²) >= 11 is 14.1. The topological polar surface area (TPSA) is 158 Å². The van der Waals surface area contributed by atoms with Crippen molar-refractivity contribution in [1.29, 1.82) is 0 Å². The quantitative estimate of drug-likeness (QED) is 0.0872. The molecule has 0 spiro atoms. The van der Waals surface area contributed by atoms with Crippen molar-refractivity contribution in [2.45, 2.75) is 18.0 Å². The highest BCUT2D eigenvalue weighted by Crippen LogP contribution is 2.40. The van der Waals surface area contributed by atoms with E-state index in [4.69, 9.17) is 33.8 Å². The fourth-order valence-corrected chi connectivity index (χ4v) is 6.52. The third kappa shape index (κ3) is 4.79. The number of pyridine rings is 1. The molecule has 198 valence electrons. The predicted octanol–water partition coefficient (Wildman–Crippen LogP) is -0.0175. The van der Waals surface area contributed by atoms with Crippen molar-refractivity contribution in [3.8, 4) is 0 Å². The van der Waals surface area contributed by atoms with Crippen LogP contribution in [0.2, 0.25) is 4.34 Å². The number of aliphatic carboxylic acids is 1. The summed E-state index contributed by atoms with van der Waals surface area (Å²) < 4.78 is 3.90. The summed E-state index contributed by atoms with van der Waals surface area (Å²) in [5.41, 5.74) is 6.59. The van der Waals surface area contributed by atoms with Gasteiger partial charge in [0.05, 0.1) is 23.7 Å². The van der Waals surface area contributed by atoms with Gasteiger partial charge < -0.3 is 25.8 Å². The number of nitrogens with one attached hydrogen (secondary N) is 1. The molecule has 3 aromatic rings. The minimum absolute atomic E-state index is 0.00408. The highest BCUT2D eigenvalue weighted by molar-refractivity contribution is 8.00. The summed E-state index contributed by atoms with van der Waals surface area (Å²) in [6.07, 6.45) is 5.56. The summed E-state index contributed by atoms with van der Waals surface area (Å²) in [6, 6.07) is 4.65. The maximum atomic E-state index is 13.1. The Labute approximate surface area is 233 Å². The molecule has 2 aliphatic heterocycles. The lowest BCUT2D eigenvalue weighted by Crippen LogP contribution is -2.71. The number of thioether (sulfide) groups is 1. The number of nitrogens with two attached hydrogens (primary N) is 1. The number of hydrogen-bond acceptors (Lipinski definition) is 10. The zero-order valence-electron chi connectivity index (χ0n) is 19.4. The van der Waals surface area contributed by atoms with Gasteiger partial charge in [-0.3, -0.25) is 14.5 Å². The molecule has 0 aromatic carbocycles. The first-order valence-electron chi connectivity index (χ1n) is 11.1. The van der Waals surface area contributed by atoms with Crippen LogP contribution in [-0.4, -0.2) is 67.4 Å². The largest absolute Gasteiger partial charge is 0.543 e. The molecule has 0 radical (unpaired) electrons. The van der Waals surface area contributed by atoms with Crippen molar-refractivity contribution < 1.29 is 28.9 Å². The van der Waals surface area contributed by atoms with Crippen LogP contribution in [0.5, 0.6) is 0 Å².